The van der Waals surface area contributed by atoms with Crippen LogP contribution >= 0.6 is 22.7 Å². The second kappa shape index (κ2) is 5.15. The van der Waals surface area contributed by atoms with E-state index in [1.807, 2.05) is 12.3 Å². The molecule has 8 heteroatoms. The Morgan fingerprint density at radius 3 is 2.72 bits per heavy atom. The topological polar surface area (TPSA) is 91.3 Å². The number of aromatic nitrogens is 1. The highest BCUT2D eigenvalue weighted by atomic mass is 32.1. The third-order valence-corrected chi connectivity index (χ3v) is 3.67. The van der Waals surface area contributed by atoms with Gasteiger partial charge in [-0.05, 0) is 18.4 Å². The first-order valence-corrected chi connectivity index (χ1v) is 6.63. The number of hydrogen-bond acceptors (Lipinski definition) is 5. The van der Waals surface area contributed by atoms with E-state index in [1.165, 1.54) is 17.4 Å². The largest absolute Gasteiger partial charge is 0.478 e. The Hall–Kier alpha value is -1.93. The molecule has 6 nitrogen and oxygen atoms in total. The number of anilines is 2. The zero-order chi connectivity index (χ0) is 13.1. The highest BCUT2D eigenvalue weighted by Crippen LogP contribution is 2.23. The molecule has 18 heavy (non-hydrogen) atoms. The molecule has 94 valence electrons. The van der Waals surface area contributed by atoms with Crippen LogP contribution in [0.3, 0.4) is 0 Å². The molecule has 0 fully saturated rings. The predicted molar refractivity (Wildman–Crippen MR) is 70.8 cm³/mol. The number of nitrogens with one attached hydrogen (secondary N) is 2. The minimum Gasteiger partial charge on any atom is -0.478 e. The van der Waals surface area contributed by atoms with Gasteiger partial charge in [-0.2, -0.15) is 0 Å². The molecule has 0 aliphatic rings. The molecule has 2 aromatic heterocycles. The van der Waals surface area contributed by atoms with Gasteiger partial charge in [0.1, 0.15) is 5.00 Å². The summed E-state index contributed by atoms with van der Waals surface area (Å²) in [7, 11) is 0. The molecule has 2 aromatic rings. The highest BCUT2D eigenvalue weighted by molar-refractivity contribution is 7.15. The van der Waals surface area contributed by atoms with Crippen molar-refractivity contribution in [2.24, 2.45) is 0 Å². The van der Waals surface area contributed by atoms with Crippen LogP contribution in [0.15, 0.2) is 16.8 Å². The maximum atomic E-state index is 11.6. The van der Waals surface area contributed by atoms with Crippen molar-refractivity contribution in [2.45, 2.75) is 6.92 Å². The Morgan fingerprint density at radius 2 is 2.11 bits per heavy atom. The van der Waals surface area contributed by atoms with E-state index in [1.54, 1.807) is 5.38 Å². The van der Waals surface area contributed by atoms with Gasteiger partial charge in [-0.15, -0.1) is 22.7 Å². The van der Waals surface area contributed by atoms with Crippen LogP contribution in [0.2, 0.25) is 0 Å². The summed E-state index contributed by atoms with van der Waals surface area (Å²) in [6.45, 7) is 1.82. The van der Waals surface area contributed by atoms with E-state index in [9.17, 15) is 9.59 Å². The predicted octanol–water partition coefficient (Wildman–Crippen LogP) is 2.86. The van der Waals surface area contributed by atoms with Crippen LogP contribution in [-0.2, 0) is 0 Å². The van der Waals surface area contributed by atoms with E-state index < -0.39 is 12.0 Å². The van der Waals surface area contributed by atoms with Crippen LogP contribution in [0, 0.1) is 6.92 Å². The monoisotopic (exact) mass is 283 g/mol. The zero-order valence-corrected chi connectivity index (χ0v) is 10.9. The van der Waals surface area contributed by atoms with Gasteiger partial charge in [-0.3, -0.25) is 10.6 Å². The Labute approximate surface area is 110 Å². The summed E-state index contributed by atoms with van der Waals surface area (Å²) < 4.78 is 0. The summed E-state index contributed by atoms with van der Waals surface area (Å²) in [5, 5.41) is 18.1. The molecule has 2 heterocycles. The number of carbonyl (C=O) groups is 2. The van der Waals surface area contributed by atoms with Crippen molar-refractivity contribution in [1.29, 1.82) is 0 Å². The Kier molecular flexibility index (Phi) is 3.58. The van der Waals surface area contributed by atoms with E-state index in [4.69, 9.17) is 5.11 Å². The third-order valence-electron chi connectivity index (χ3n) is 1.96. The van der Waals surface area contributed by atoms with Gasteiger partial charge < -0.3 is 5.11 Å². The maximum absolute atomic E-state index is 11.6. The van der Waals surface area contributed by atoms with Crippen LogP contribution in [0.4, 0.5) is 14.9 Å². The van der Waals surface area contributed by atoms with E-state index in [-0.39, 0.29) is 5.56 Å². The first-order valence-electron chi connectivity index (χ1n) is 4.87. The number of carboxylic acid groups (broad SMARTS) is 1. The fourth-order valence-corrected chi connectivity index (χ4v) is 2.67. The van der Waals surface area contributed by atoms with Crippen molar-refractivity contribution in [3.63, 3.8) is 0 Å². The smallest absolute Gasteiger partial charge is 0.338 e. The molecular weight excluding hydrogens is 274 g/mol. The molecule has 0 spiro atoms. The number of nitrogens with zero attached hydrogens (tertiary/aromatic N) is 1. The minimum atomic E-state index is -1.07. The number of urea groups is 1. The van der Waals surface area contributed by atoms with Crippen molar-refractivity contribution in [2.75, 3.05) is 10.6 Å². The number of aryl methyl sites for hydroxylation is 1. The van der Waals surface area contributed by atoms with Gasteiger partial charge in [0.05, 0.1) is 11.3 Å². The average Bonchev–Trinajstić information content (AvgIpc) is 2.87. The fourth-order valence-electron chi connectivity index (χ4n) is 1.22. The van der Waals surface area contributed by atoms with Crippen LogP contribution in [0.1, 0.15) is 16.1 Å². The number of carbonyl (C=O) groups excluding carboxylic acids is 1. The molecule has 0 aliphatic carbocycles. The molecule has 0 aromatic carbocycles. The van der Waals surface area contributed by atoms with Crippen molar-refractivity contribution in [3.8, 4) is 0 Å². The van der Waals surface area contributed by atoms with E-state index in [0.29, 0.717) is 10.1 Å². The van der Waals surface area contributed by atoms with Crippen molar-refractivity contribution < 1.29 is 14.7 Å². The summed E-state index contributed by atoms with van der Waals surface area (Å²) in [4.78, 5) is 26.5. The summed E-state index contributed by atoms with van der Waals surface area (Å²) in [5.41, 5.74) is 0.892. The van der Waals surface area contributed by atoms with Crippen molar-refractivity contribution in [3.05, 3.63) is 28.1 Å². The Bertz CT molecular complexity index is 591. The molecule has 0 unspecified atom stereocenters. The molecule has 0 aliphatic heterocycles. The van der Waals surface area contributed by atoms with E-state index in [2.05, 4.69) is 15.6 Å². The zero-order valence-electron chi connectivity index (χ0n) is 9.26. The lowest BCUT2D eigenvalue weighted by Crippen LogP contribution is -2.19. The minimum absolute atomic E-state index is 0.0745. The molecule has 0 saturated heterocycles. The van der Waals surface area contributed by atoms with Gasteiger partial charge in [0.25, 0.3) is 0 Å². The second-order valence-electron chi connectivity index (χ2n) is 3.34. The number of carboxylic acids is 1. The Balaban J connectivity index is 2.03. The Morgan fingerprint density at radius 1 is 1.33 bits per heavy atom. The number of thiophene rings is 1. The maximum Gasteiger partial charge on any atom is 0.338 e. The number of rotatable bonds is 3. The molecule has 0 saturated carbocycles. The average molecular weight is 283 g/mol. The van der Waals surface area contributed by atoms with E-state index in [0.717, 1.165) is 17.0 Å². The lowest BCUT2D eigenvalue weighted by Gasteiger charge is -2.03. The number of amides is 2. The quantitative estimate of drug-likeness (QED) is 0.807. The molecule has 3 N–H and O–H groups in total. The second-order valence-corrected chi connectivity index (χ2v) is 5.12. The van der Waals surface area contributed by atoms with Gasteiger partial charge in [0.2, 0.25) is 0 Å². The highest BCUT2D eigenvalue weighted by Gasteiger charge is 2.14. The molecule has 2 amide bonds. The summed E-state index contributed by atoms with van der Waals surface area (Å²) in [5.74, 6) is -1.07. The molecule has 0 atom stereocenters. The van der Waals surface area contributed by atoms with Crippen LogP contribution < -0.4 is 10.6 Å². The van der Waals surface area contributed by atoms with Gasteiger partial charge in [0, 0.05) is 5.38 Å². The first-order chi connectivity index (χ1) is 8.56. The van der Waals surface area contributed by atoms with Gasteiger partial charge >= 0.3 is 12.0 Å². The number of thiazole rings is 1. The van der Waals surface area contributed by atoms with Crippen LogP contribution in [0.25, 0.3) is 0 Å². The fraction of sp³-hybridized carbons (Fsp3) is 0.100. The van der Waals surface area contributed by atoms with E-state index >= 15 is 0 Å². The lowest BCUT2D eigenvalue weighted by atomic mass is 10.3. The van der Waals surface area contributed by atoms with Crippen molar-refractivity contribution >= 4 is 44.8 Å². The summed E-state index contributed by atoms with van der Waals surface area (Å²) in [6, 6.07) is 0.935. The van der Waals surface area contributed by atoms with Crippen LogP contribution in [-0.4, -0.2) is 22.1 Å². The molecular formula is C10H9N3O3S2. The summed E-state index contributed by atoms with van der Waals surface area (Å²) >= 11 is 2.46. The summed E-state index contributed by atoms with van der Waals surface area (Å²) in [6.07, 6.45) is 0. The third kappa shape index (κ3) is 2.84. The first kappa shape index (κ1) is 12.5. The van der Waals surface area contributed by atoms with Gasteiger partial charge in [0.15, 0.2) is 5.13 Å². The standard InChI is InChI=1S/C10H9N3O3S2/c1-5-4-18-10(11-5)13-9(16)12-7-6(8(14)15)2-3-17-7/h2-4H,1H3,(H,14,15)(H2,11,12,13,16). The number of aromatic carboxylic acids is 1. The van der Waals surface area contributed by atoms with Crippen molar-refractivity contribution in [1.82, 2.24) is 4.98 Å². The number of hydrogen-bond donors (Lipinski definition) is 3. The normalized spacial score (nSPS) is 10.1. The molecule has 2 rings (SSSR count). The molecule has 0 radical (unpaired) electrons. The SMILES string of the molecule is Cc1csc(NC(=O)Nc2sccc2C(=O)O)n1. The lowest BCUT2D eigenvalue weighted by molar-refractivity contribution is 0.0698. The van der Waals surface area contributed by atoms with Gasteiger partial charge in [-0.1, -0.05) is 0 Å². The van der Waals surface area contributed by atoms with Crippen LogP contribution in [0.5, 0.6) is 0 Å². The van der Waals surface area contributed by atoms with Gasteiger partial charge in [-0.25, -0.2) is 14.6 Å². The molecule has 0 bridgehead atoms.